The fraction of sp³-hybridized carbons (Fsp3) is 0.133. The van der Waals surface area contributed by atoms with Crippen LogP contribution in [0.15, 0.2) is 46.0 Å². The summed E-state index contributed by atoms with van der Waals surface area (Å²) in [6.07, 6.45) is 0. The maximum absolute atomic E-state index is 8.71. The van der Waals surface area contributed by atoms with Gasteiger partial charge in [0.2, 0.25) is 0 Å². The maximum atomic E-state index is 8.71. The molecule has 3 N–H and O–H groups in total. The second-order valence-corrected chi connectivity index (χ2v) is 5.39. The summed E-state index contributed by atoms with van der Waals surface area (Å²) in [5.74, 6) is 1.58. The Kier molecular flexibility index (Phi) is 4.29. The zero-order chi connectivity index (χ0) is 14.7. The van der Waals surface area contributed by atoms with Crippen LogP contribution in [-0.2, 0) is 0 Å². The van der Waals surface area contributed by atoms with Crippen molar-refractivity contribution in [3.8, 4) is 11.5 Å². The van der Waals surface area contributed by atoms with E-state index >= 15 is 0 Å². The number of hydrogen-bond acceptors (Lipinski definition) is 3. The Labute approximate surface area is 126 Å². The number of rotatable bonds is 3. The van der Waals surface area contributed by atoms with Crippen LogP contribution in [0.25, 0.3) is 0 Å². The monoisotopic (exact) mass is 334 g/mol. The van der Waals surface area contributed by atoms with Crippen LogP contribution in [0.3, 0.4) is 0 Å². The SMILES string of the molecule is Cc1ccc(Br)cc1Oc1ccc(/C(N)=N/O)c(C)c1. The van der Waals surface area contributed by atoms with Gasteiger partial charge in [-0.05, 0) is 55.3 Å². The van der Waals surface area contributed by atoms with Crippen LogP contribution in [0, 0.1) is 13.8 Å². The van der Waals surface area contributed by atoms with Gasteiger partial charge in [-0.25, -0.2) is 0 Å². The summed E-state index contributed by atoms with van der Waals surface area (Å²) in [6.45, 7) is 3.87. The van der Waals surface area contributed by atoms with Gasteiger partial charge in [0.25, 0.3) is 0 Å². The molecule has 2 aromatic rings. The molecule has 0 aromatic heterocycles. The number of nitrogens with zero attached hydrogens (tertiary/aromatic N) is 1. The molecule has 0 atom stereocenters. The van der Waals surface area contributed by atoms with Crippen LogP contribution in [0.5, 0.6) is 11.5 Å². The van der Waals surface area contributed by atoms with Crippen molar-refractivity contribution in [2.75, 3.05) is 0 Å². The van der Waals surface area contributed by atoms with Gasteiger partial charge in [0.05, 0.1) is 0 Å². The first-order valence-electron chi connectivity index (χ1n) is 6.04. The fourth-order valence-corrected chi connectivity index (χ4v) is 2.19. The second-order valence-electron chi connectivity index (χ2n) is 4.47. The van der Waals surface area contributed by atoms with E-state index < -0.39 is 0 Å². The van der Waals surface area contributed by atoms with Crippen molar-refractivity contribution in [2.45, 2.75) is 13.8 Å². The summed E-state index contributed by atoms with van der Waals surface area (Å²) in [5, 5.41) is 11.7. The molecule has 2 rings (SSSR count). The summed E-state index contributed by atoms with van der Waals surface area (Å²) < 4.78 is 6.83. The molecule has 0 saturated heterocycles. The van der Waals surface area contributed by atoms with Gasteiger partial charge in [-0.2, -0.15) is 0 Å². The first-order valence-corrected chi connectivity index (χ1v) is 6.83. The predicted molar refractivity (Wildman–Crippen MR) is 82.6 cm³/mol. The van der Waals surface area contributed by atoms with Gasteiger partial charge < -0.3 is 15.7 Å². The Morgan fingerprint density at radius 1 is 1.15 bits per heavy atom. The molecule has 5 heteroatoms. The zero-order valence-electron chi connectivity index (χ0n) is 11.2. The molecule has 0 bridgehead atoms. The minimum absolute atomic E-state index is 0.0905. The number of ether oxygens (including phenoxy) is 1. The Hall–Kier alpha value is -2.01. The van der Waals surface area contributed by atoms with E-state index in [0.717, 1.165) is 21.3 Å². The number of halogens is 1. The lowest BCUT2D eigenvalue weighted by molar-refractivity contribution is 0.318. The Morgan fingerprint density at radius 2 is 1.90 bits per heavy atom. The molecule has 0 aliphatic carbocycles. The standard InChI is InChI=1S/C15H15BrN2O2/c1-9-3-4-11(16)8-14(9)20-12-5-6-13(10(2)7-12)15(17)18-19/h3-8,19H,1-2H3,(H2,17,18). The largest absolute Gasteiger partial charge is 0.457 e. The normalized spacial score (nSPS) is 11.4. The molecule has 0 aliphatic heterocycles. The minimum Gasteiger partial charge on any atom is -0.457 e. The number of hydrogen-bond donors (Lipinski definition) is 2. The highest BCUT2D eigenvalue weighted by molar-refractivity contribution is 9.10. The quantitative estimate of drug-likeness (QED) is 0.386. The maximum Gasteiger partial charge on any atom is 0.170 e. The summed E-state index contributed by atoms with van der Waals surface area (Å²) in [4.78, 5) is 0. The van der Waals surface area contributed by atoms with Gasteiger partial charge in [-0.15, -0.1) is 0 Å². The second kappa shape index (κ2) is 5.96. The molecule has 0 unspecified atom stereocenters. The molecule has 0 aliphatic rings. The van der Waals surface area contributed by atoms with E-state index in [2.05, 4.69) is 21.1 Å². The van der Waals surface area contributed by atoms with Crippen molar-refractivity contribution in [3.05, 3.63) is 57.6 Å². The number of nitrogens with two attached hydrogens (primary N) is 1. The average molecular weight is 335 g/mol. The zero-order valence-corrected chi connectivity index (χ0v) is 12.8. The van der Waals surface area contributed by atoms with Crippen molar-refractivity contribution in [1.29, 1.82) is 0 Å². The lowest BCUT2D eigenvalue weighted by Crippen LogP contribution is -2.14. The van der Waals surface area contributed by atoms with Crippen LogP contribution in [0.2, 0.25) is 0 Å². The van der Waals surface area contributed by atoms with E-state index in [1.165, 1.54) is 0 Å². The van der Waals surface area contributed by atoms with E-state index in [-0.39, 0.29) is 5.84 Å². The molecule has 0 amide bonds. The average Bonchev–Trinajstić information content (AvgIpc) is 2.42. The molecule has 0 heterocycles. The van der Waals surface area contributed by atoms with Crippen molar-refractivity contribution < 1.29 is 9.94 Å². The van der Waals surface area contributed by atoms with Crippen molar-refractivity contribution in [2.24, 2.45) is 10.9 Å². The van der Waals surface area contributed by atoms with Gasteiger partial charge in [0, 0.05) is 10.0 Å². The number of amidine groups is 1. The van der Waals surface area contributed by atoms with E-state index in [9.17, 15) is 0 Å². The Bertz CT molecular complexity index is 669. The summed E-state index contributed by atoms with van der Waals surface area (Å²) >= 11 is 3.42. The molecule has 0 saturated carbocycles. The third-order valence-corrected chi connectivity index (χ3v) is 3.45. The van der Waals surface area contributed by atoms with E-state index in [0.29, 0.717) is 11.3 Å². The van der Waals surface area contributed by atoms with Crippen LogP contribution in [-0.4, -0.2) is 11.0 Å². The predicted octanol–water partition coefficient (Wildman–Crippen LogP) is 3.95. The minimum atomic E-state index is 0.0905. The van der Waals surface area contributed by atoms with Crippen LogP contribution in [0.1, 0.15) is 16.7 Å². The first kappa shape index (κ1) is 14.4. The van der Waals surface area contributed by atoms with Crippen molar-refractivity contribution in [3.63, 3.8) is 0 Å². The molecule has 0 radical (unpaired) electrons. The summed E-state index contributed by atoms with van der Waals surface area (Å²) in [7, 11) is 0. The highest BCUT2D eigenvalue weighted by atomic mass is 79.9. The van der Waals surface area contributed by atoms with Crippen LogP contribution in [0.4, 0.5) is 0 Å². The van der Waals surface area contributed by atoms with Crippen LogP contribution >= 0.6 is 15.9 Å². The molecule has 0 fully saturated rings. The number of oxime groups is 1. The lowest BCUT2D eigenvalue weighted by atomic mass is 10.1. The van der Waals surface area contributed by atoms with E-state index in [4.69, 9.17) is 15.7 Å². The molecule has 0 spiro atoms. The number of aryl methyl sites for hydroxylation is 2. The van der Waals surface area contributed by atoms with E-state index in [1.807, 2.05) is 38.1 Å². The molecular formula is C15H15BrN2O2. The lowest BCUT2D eigenvalue weighted by Gasteiger charge is -2.11. The Balaban J connectivity index is 2.31. The molecular weight excluding hydrogens is 320 g/mol. The van der Waals surface area contributed by atoms with Gasteiger partial charge in [-0.1, -0.05) is 27.2 Å². The topological polar surface area (TPSA) is 67.8 Å². The van der Waals surface area contributed by atoms with Gasteiger partial charge in [-0.3, -0.25) is 0 Å². The molecule has 20 heavy (non-hydrogen) atoms. The summed E-state index contributed by atoms with van der Waals surface area (Å²) in [6, 6.07) is 11.3. The number of benzene rings is 2. The highest BCUT2D eigenvalue weighted by Crippen LogP contribution is 2.29. The summed E-state index contributed by atoms with van der Waals surface area (Å²) in [5.41, 5.74) is 8.21. The first-order chi connectivity index (χ1) is 9.51. The smallest absolute Gasteiger partial charge is 0.170 e. The van der Waals surface area contributed by atoms with Gasteiger partial charge in [0.1, 0.15) is 11.5 Å². The van der Waals surface area contributed by atoms with Crippen molar-refractivity contribution in [1.82, 2.24) is 0 Å². The van der Waals surface area contributed by atoms with E-state index in [1.54, 1.807) is 12.1 Å². The van der Waals surface area contributed by atoms with Crippen molar-refractivity contribution >= 4 is 21.8 Å². The van der Waals surface area contributed by atoms with Gasteiger partial charge in [0.15, 0.2) is 5.84 Å². The highest BCUT2D eigenvalue weighted by Gasteiger charge is 2.07. The van der Waals surface area contributed by atoms with Gasteiger partial charge >= 0.3 is 0 Å². The Morgan fingerprint density at radius 3 is 2.55 bits per heavy atom. The molecule has 4 nitrogen and oxygen atoms in total. The third kappa shape index (κ3) is 3.11. The van der Waals surface area contributed by atoms with Crippen LogP contribution < -0.4 is 10.5 Å². The fourth-order valence-electron chi connectivity index (χ4n) is 1.85. The molecule has 2 aromatic carbocycles. The third-order valence-electron chi connectivity index (χ3n) is 2.96. The molecule has 104 valence electrons.